The Bertz CT molecular complexity index is 1120. The molecule has 7 heteroatoms. The van der Waals surface area contributed by atoms with Crippen molar-refractivity contribution in [3.8, 4) is 11.4 Å². The van der Waals surface area contributed by atoms with Gasteiger partial charge in [-0.15, -0.1) is 11.3 Å². The highest BCUT2D eigenvalue weighted by Crippen LogP contribution is 2.36. The van der Waals surface area contributed by atoms with E-state index >= 15 is 0 Å². The van der Waals surface area contributed by atoms with Gasteiger partial charge >= 0.3 is 0 Å². The second-order valence-electron chi connectivity index (χ2n) is 7.50. The third-order valence-electron chi connectivity index (χ3n) is 5.47. The van der Waals surface area contributed by atoms with Gasteiger partial charge in [0.15, 0.2) is 0 Å². The van der Waals surface area contributed by atoms with Crippen LogP contribution in [0.1, 0.15) is 42.6 Å². The molecule has 0 spiro atoms. The lowest BCUT2D eigenvalue weighted by Gasteiger charge is -2.34. The molecule has 2 aromatic carbocycles. The molecule has 30 heavy (non-hydrogen) atoms. The van der Waals surface area contributed by atoms with Gasteiger partial charge in [0, 0.05) is 24.9 Å². The molecule has 6 nitrogen and oxygen atoms in total. The second-order valence-corrected chi connectivity index (χ2v) is 8.56. The number of carbonyl (C=O) groups excluding carboxylic acids is 1. The molecule has 1 aliphatic heterocycles. The quantitative estimate of drug-likeness (QED) is 0.454. The molecule has 1 amide bonds. The summed E-state index contributed by atoms with van der Waals surface area (Å²) in [6.07, 6.45) is 3.92. The Morgan fingerprint density at radius 1 is 1.07 bits per heavy atom. The summed E-state index contributed by atoms with van der Waals surface area (Å²) in [5.74, 6) is 1.18. The van der Waals surface area contributed by atoms with E-state index in [4.69, 9.17) is 9.51 Å². The number of aryl methyl sites for hydroxylation is 1. The topological polar surface area (TPSA) is 72.1 Å². The molecular weight excluding hydrogens is 396 g/mol. The minimum Gasteiger partial charge on any atom is -0.339 e. The molecule has 0 N–H and O–H groups in total. The van der Waals surface area contributed by atoms with Crippen molar-refractivity contribution in [1.29, 1.82) is 0 Å². The van der Waals surface area contributed by atoms with Gasteiger partial charge in [0.25, 0.3) is 0 Å². The SMILES string of the molecule is O=C(CCc1nc(-c2ccccc2)no1)N1CCCC[C@@H]1c1nc2ccccc2s1. The van der Waals surface area contributed by atoms with Crippen molar-refractivity contribution in [3.05, 3.63) is 65.5 Å². The predicted octanol–water partition coefficient (Wildman–Crippen LogP) is 5.03. The molecule has 0 aliphatic carbocycles. The number of fused-ring (bicyclic) bond motifs is 1. The summed E-state index contributed by atoms with van der Waals surface area (Å²) >= 11 is 1.69. The first-order valence-electron chi connectivity index (χ1n) is 10.3. The predicted molar refractivity (Wildman–Crippen MR) is 116 cm³/mol. The van der Waals surface area contributed by atoms with Crippen LogP contribution >= 0.6 is 11.3 Å². The zero-order valence-electron chi connectivity index (χ0n) is 16.5. The second kappa shape index (κ2) is 8.36. The van der Waals surface area contributed by atoms with Crippen LogP contribution in [-0.2, 0) is 11.2 Å². The van der Waals surface area contributed by atoms with E-state index < -0.39 is 0 Å². The summed E-state index contributed by atoms with van der Waals surface area (Å²) in [7, 11) is 0. The number of amides is 1. The molecular formula is C23H22N4O2S. The Balaban J connectivity index is 1.28. The van der Waals surface area contributed by atoms with Crippen LogP contribution in [0, 0.1) is 0 Å². The lowest BCUT2D eigenvalue weighted by Crippen LogP contribution is -2.38. The highest BCUT2D eigenvalue weighted by molar-refractivity contribution is 7.18. The van der Waals surface area contributed by atoms with E-state index in [0.29, 0.717) is 24.6 Å². The van der Waals surface area contributed by atoms with Crippen LogP contribution in [0.15, 0.2) is 59.1 Å². The summed E-state index contributed by atoms with van der Waals surface area (Å²) in [6, 6.07) is 17.9. The number of aromatic nitrogens is 3. The van der Waals surface area contributed by atoms with Crippen LogP contribution in [0.25, 0.3) is 21.6 Å². The molecule has 0 saturated carbocycles. The summed E-state index contributed by atoms with van der Waals surface area (Å²) in [5, 5.41) is 5.08. The van der Waals surface area contributed by atoms with E-state index in [1.165, 1.54) is 4.70 Å². The molecule has 1 atom stereocenters. The standard InChI is InChI=1S/C23H22N4O2S/c28-21(14-13-20-25-22(26-29-20)16-8-2-1-3-9-16)27-15-7-6-11-18(27)23-24-17-10-4-5-12-19(17)30-23/h1-5,8-10,12,18H,6-7,11,13-15H2/t18-/m1/s1. The smallest absolute Gasteiger partial charge is 0.227 e. The van der Waals surface area contributed by atoms with Crippen molar-refractivity contribution in [2.24, 2.45) is 0 Å². The summed E-state index contributed by atoms with van der Waals surface area (Å²) in [5.41, 5.74) is 1.92. The minimum atomic E-state index is 0.0613. The van der Waals surface area contributed by atoms with Gasteiger partial charge in [-0.3, -0.25) is 4.79 Å². The number of hydrogen-bond donors (Lipinski definition) is 0. The van der Waals surface area contributed by atoms with Gasteiger partial charge in [-0.1, -0.05) is 47.6 Å². The van der Waals surface area contributed by atoms with Crippen molar-refractivity contribution in [2.45, 2.75) is 38.1 Å². The van der Waals surface area contributed by atoms with Crippen molar-refractivity contribution >= 4 is 27.5 Å². The van der Waals surface area contributed by atoms with E-state index in [2.05, 4.69) is 16.2 Å². The maximum atomic E-state index is 13.1. The largest absolute Gasteiger partial charge is 0.339 e. The van der Waals surface area contributed by atoms with Crippen molar-refractivity contribution in [1.82, 2.24) is 20.0 Å². The molecule has 152 valence electrons. The maximum Gasteiger partial charge on any atom is 0.227 e. The van der Waals surface area contributed by atoms with Crippen LogP contribution in [0.3, 0.4) is 0 Å². The summed E-state index contributed by atoms with van der Waals surface area (Å²) in [4.78, 5) is 24.3. The molecule has 0 unspecified atom stereocenters. The normalized spacial score (nSPS) is 16.8. The van der Waals surface area contributed by atoms with Crippen molar-refractivity contribution < 1.29 is 9.32 Å². The first kappa shape index (κ1) is 18.9. The molecule has 0 bridgehead atoms. The monoisotopic (exact) mass is 418 g/mol. The first-order chi connectivity index (χ1) is 14.8. The zero-order valence-corrected chi connectivity index (χ0v) is 17.3. The number of nitrogens with zero attached hydrogens (tertiary/aromatic N) is 4. The average molecular weight is 419 g/mol. The number of benzene rings is 2. The average Bonchev–Trinajstić information content (AvgIpc) is 3.45. The third kappa shape index (κ3) is 3.85. The molecule has 3 heterocycles. The lowest BCUT2D eigenvalue weighted by atomic mass is 10.0. The zero-order chi connectivity index (χ0) is 20.3. The van der Waals surface area contributed by atoms with Crippen molar-refractivity contribution in [3.63, 3.8) is 0 Å². The fraction of sp³-hybridized carbons (Fsp3) is 0.304. The Morgan fingerprint density at radius 2 is 1.90 bits per heavy atom. The molecule has 4 aromatic rings. The van der Waals surface area contributed by atoms with Gasteiger partial charge in [0.1, 0.15) is 5.01 Å². The van der Waals surface area contributed by atoms with Gasteiger partial charge in [-0.25, -0.2) is 4.98 Å². The van der Waals surface area contributed by atoms with E-state index in [-0.39, 0.29) is 11.9 Å². The Hall–Kier alpha value is -3.06. The summed E-state index contributed by atoms with van der Waals surface area (Å²) < 4.78 is 6.54. The Morgan fingerprint density at radius 3 is 2.77 bits per heavy atom. The van der Waals surface area contributed by atoms with Crippen LogP contribution in [0.2, 0.25) is 0 Å². The lowest BCUT2D eigenvalue weighted by molar-refractivity contribution is -0.135. The molecule has 0 radical (unpaired) electrons. The number of likely N-dealkylation sites (tertiary alicyclic amines) is 1. The molecule has 1 saturated heterocycles. The Labute approximate surface area is 178 Å². The number of thiazole rings is 1. The van der Waals surface area contributed by atoms with E-state index in [1.54, 1.807) is 11.3 Å². The Kier molecular flexibility index (Phi) is 5.27. The number of carbonyl (C=O) groups is 1. The molecule has 1 fully saturated rings. The van der Waals surface area contributed by atoms with Crippen LogP contribution < -0.4 is 0 Å². The van der Waals surface area contributed by atoms with Crippen LogP contribution in [0.4, 0.5) is 0 Å². The van der Waals surface area contributed by atoms with Crippen LogP contribution in [-0.4, -0.2) is 32.5 Å². The highest BCUT2D eigenvalue weighted by Gasteiger charge is 2.30. The number of rotatable bonds is 5. The molecule has 2 aromatic heterocycles. The van der Waals surface area contributed by atoms with E-state index in [1.807, 2.05) is 53.4 Å². The minimum absolute atomic E-state index is 0.0613. The highest BCUT2D eigenvalue weighted by atomic mass is 32.1. The fourth-order valence-corrected chi connectivity index (χ4v) is 5.05. The number of piperidine rings is 1. The first-order valence-corrected chi connectivity index (χ1v) is 11.1. The summed E-state index contributed by atoms with van der Waals surface area (Å²) in [6.45, 7) is 0.776. The van der Waals surface area contributed by atoms with E-state index in [0.717, 1.165) is 41.9 Å². The van der Waals surface area contributed by atoms with Gasteiger partial charge in [-0.2, -0.15) is 4.98 Å². The van der Waals surface area contributed by atoms with Crippen LogP contribution in [0.5, 0.6) is 0 Å². The third-order valence-corrected chi connectivity index (χ3v) is 6.61. The van der Waals surface area contributed by atoms with Gasteiger partial charge in [0.05, 0.1) is 16.3 Å². The van der Waals surface area contributed by atoms with Crippen molar-refractivity contribution in [2.75, 3.05) is 6.54 Å². The van der Waals surface area contributed by atoms with E-state index in [9.17, 15) is 4.79 Å². The van der Waals surface area contributed by atoms with Gasteiger partial charge in [-0.05, 0) is 31.4 Å². The molecule has 1 aliphatic rings. The van der Waals surface area contributed by atoms with Gasteiger partial charge in [0.2, 0.25) is 17.6 Å². The number of hydrogen-bond acceptors (Lipinski definition) is 6. The maximum absolute atomic E-state index is 13.1. The fourth-order valence-electron chi connectivity index (χ4n) is 3.94. The number of para-hydroxylation sites is 1. The molecule has 5 rings (SSSR count). The van der Waals surface area contributed by atoms with Gasteiger partial charge < -0.3 is 9.42 Å².